The lowest BCUT2D eigenvalue weighted by atomic mass is 10.1. The minimum absolute atomic E-state index is 0.246. The standard InChI is InChI=1S/C16H17NO3/c1-9-5-6-10(2)14(7-9)17-11(3)8-13(12(17)4)15(18)16(19)20/h5-8H,1-4H3,(H,19,20). The van der Waals surface area contributed by atoms with E-state index in [0.29, 0.717) is 5.69 Å². The maximum atomic E-state index is 11.7. The van der Waals surface area contributed by atoms with Crippen LogP contribution >= 0.6 is 0 Å². The van der Waals surface area contributed by atoms with Gasteiger partial charge in [-0.3, -0.25) is 4.79 Å². The van der Waals surface area contributed by atoms with Gasteiger partial charge in [-0.05, 0) is 51.0 Å². The van der Waals surface area contributed by atoms with Crippen molar-refractivity contribution in [2.24, 2.45) is 0 Å². The molecule has 1 aromatic heterocycles. The molecule has 1 N–H and O–H groups in total. The molecule has 0 radical (unpaired) electrons. The van der Waals surface area contributed by atoms with E-state index in [1.165, 1.54) is 0 Å². The Hall–Kier alpha value is -2.36. The van der Waals surface area contributed by atoms with Crippen molar-refractivity contribution in [2.45, 2.75) is 27.7 Å². The van der Waals surface area contributed by atoms with Crippen LogP contribution in [0.1, 0.15) is 32.9 Å². The summed E-state index contributed by atoms with van der Waals surface area (Å²) >= 11 is 0. The van der Waals surface area contributed by atoms with E-state index in [-0.39, 0.29) is 5.56 Å². The van der Waals surface area contributed by atoms with Crippen LogP contribution in [-0.2, 0) is 4.79 Å². The summed E-state index contributed by atoms with van der Waals surface area (Å²) in [5, 5.41) is 8.87. The minimum atomic E-state index is -1.42. The molecule has 0 atom stereocenters. The molecule has 4 heteroatoms. The van der Waals surface area contributed by atoms with Gasteiger partial charge in [0.05, 0.1) is 5.56 Å². The maximum Gasteiger partial charge on any atom is 0.377 e. The number of aliphatic carboxylic acids is 1. The molecule has 0 aliphatic carbocycles. The van der Waals surface area contributed by atoms with Crippen molar-refractivity contribution in [3.05, 3.63) is 52.3 Å². The number of carboxylic acid groups (broad SMARTS) is 1. The summed E-state index contributed by atoms with van der Waals surface area (Å²) < 4.78 is 1.93. The van der Waals surface area contributed by atoms with Gasteiger partial charge >= 0.3 is 5.97 Å². The average Bonchev–Trinajstić information content (AvgIpc) is 2.67. The Morgan fingerprint density at radius 2 is 1.70 bits per heavy atom. The molecule has 0 aliphatic heterocycles. The summed E-state index contributed by atoms with van der Waals surface area (Å²) in [4.78, 5) is 22.6. The van der Waals surface area contributed by atoms with Crippen LogP contribution in [0.3, 0.4) is 0 Å². The van der Waals surface area contributed by atoms with Crippen molar-refractivity contribution in [3.8, 4) is 5.69 Å². The molecule has 1 heterocycles. The molecule has 0 amide bonds. The van der Waals surface area contributed by atoms with Crippen LogP contribution in [0.4, 0.5) is 0 Å². The molecule has 0 unspecified atom stereocenters. The van der Waals surface area contributed by atoms with E-state index in [9.17, 15) is 9.59 Å². The van der Waals surface area contributed by atoms with Gasteiger partial charge in [-0.2, -0.15) is 0 Å². The van der Waals surface area contributed by atoms with Crippen LogP contribution in [-0.4, -0.2) is 21.4 Å². The van der Waals surface area contributed by atoms with Crippen molar-refractivity contribution in [1.82, 2.24) is 4.57 Å². The SMILES string of the molecule is Cc1ccc(C)c(-n2c(C)cc(C(=O)C(=O)O)c2C)c1. The van der Waals surface area contributed by atoms with Gasteiger partial charge in [-0.1, -0.05) is 12.1 Å². The minimum Gasteiger partial charge on any atom is -0.475 e. The zero-order valence-electron chi connectivity index (χ0n) is 12.0. The smallest absolute Gasteiger partial charge is 0.377 e. The molecule has 2 rings (SSSR count). The third-order valence-corrected chi connectivity index (χ3v) is 3.48. The first-order chi connectivity index (χ1) is 9.32. The summed E-state index contributed by atoms with van der Waals surface area (Å²) in [6.07, 6.45) is 0. The first kappa shape index (κ1) is 14.1. The van der Waals surface area contributed by atoms with Crippen LogP contribution in [0.15, 0.2) is 24.3 Å². The third-order valence-electron chi connectivity index (χ3n) is 3.48. The van der Waals surface area contributed by atoms with Crippen LogP contribution in [0.5, 0.6) is 0 Å². The summed E-state index contributed by atoms with van der Waals surface area (Å²) in [6.45, 7) is 7.63. The second kappa shape index (κ2) is 4.96. The Balaban J connectivity index is 2.67. The van der Waals surface area contributed by atoms with Gasteiger partial charge in [0.1, 0.15) is 0 Å². The van der Waals surface area contributed by atoms with E-state index in [1.807, 2.05) is 43.5 Å². The number of Topliss-reactive ketones (excluding diaryl/α,β-unsaturated/α-hetero) is 1. The average molecular weight is 271 g/mol. The summed E-state index contributed by atoms with van der Waals surface area (Å²) in [5.74, 6) is -2.29. The number of hydrogen-bond donors (Lipinski definition) is 1. The molecule has 4 nitrogen and oxygen atoms in total. The Kier molecular flexibility index (Phi) is 3.49. The molecule has 1 aromatic carbocycles. The predicted molar refractivity (Wildman–Crippen MR) is 76.7 cm³/mol. The van der Waals surface area contributed by atoms with Gasteiger partial charge in [-0.15, -0.1) is 0 Å². The molecule has 2 aromatic rings. The van der Waals surface area contributed by atoms with Gasteiger partial charge in [0, 0.05) is 17.1 Å². The Labute approximate surface area is 117 Å². The van der Waals surface area contributed by atoms with E-state index in [2.05, 4.69) is 0 Å². The zero-order chi connectivity index (χ0) is 15.0. The Morgan fingerprint density at radius 3 is 2.30 bits per heavy atom. The fourth-order valence-corrected chi connectivity index (χ4v) is 2.44. The predicted octanol–water partition coefficient (Wildman–Crippen LogP) is 2.98. The quantitative estimate of drug-likeness (QED) is 0.689. The highest BCUT2D eigenvalue weighted by Crippen LogP contribution is 2.24. The van der Waals surface area contributed by atoms with Gasteiger partial charge in [0.15, 0.2) is 0 Å². The monoisotopic (exact) mass is 271 g/mol. The molecule has 0 aliphatic rings. The topological polar surface area (TPSA) is 59.3 Å². The van der Waals surface area contributed by atoms with Crippen molar-refractivity contribution in [3.63, 3.8) is 0 Å². The van der Waals surface area contributed by atoms with E-state index < -0.39 is 11.8 Å². The lowest BCUT2D eigenvalue weighted by Gasteiger charge is -2.13. The maximum absolute atomic E-state index is 11.7. The zero-order valence-corrected chi connectivity index (χ0v) is 12.0. The number of carbonyl (C=O) groups excluding carboxylic acids is 1. The normalized spacial score (nSPS) is 10.6. The van der Waals surface area contributed by atoms with Crippen LogP contribution in [0.25, 0.3) is 5.69 Å². The highest BCUT2D eigenvalue weighted by molar-refractivity contribution is 6.40. The molecule has 0 saturated carbocycles. The summed E-state index contributed by atoms with van der Waals surface area (Å²) in [5.41, 5.74) is 4.92. The highest BCUT2D eigenvalue weighted by atomic mass is 16.4. The second-order valence-corrected chi connectivity index (χ2v) is 5.04. The highest BCUT2D eigenvalue weighted by Gasteiger charge is 2.22. The fourth-order valence-electron chi connectivity index (χ4n) is 2.44. The molecule has 20 heavy (non-hydrogen) atoms. The van der Waals surface area contributed by atoms with E-state index in [1.54, 1.807) is 13.0 Å². The molecule has 0 fully saturated rings. The van der Waals surface area contributed by atoms with E-state index in [0.717, 1.165) is 22.5 Å². The molecular formula is C16H17NO3. The van der Waals surface area contributed by atoms with Crippen molar-refractivity contribution < 1.29 is 14.7 Å². The number of aromatic nitrogens is 1. The Morgan fingerprint density at radius 1 is 1.05 bits per heavy atom. The van der Waals surface area contributed by atoms with Gasteiger partial charge in [-0.25, -0.2) is 4.79 Å². The van der Waals surface area contributed by atoms with Gasteiger partial charge in [0.25, 0.3) is 5.78 Å². The van der Waals surface area contributed by atoms with E-state index >= 15 is 0 Å². The fraction of sp³-hybridized carbons (Fsp3) is 0.250. The number of carbonyl (C=O) groups is 2. The van der Waals surface area contributed by atoms with Crippen molar-refractivity contribution >= 4 is 11.8 Å². The molecule has 0 spiro atoms. The van der Waals surface area contributed by atoms with Crippen molar-refractivity contribution in [1.29, 1.82) is 0 Å². The molecule has 0 saturated heterocycles. The second-order valence-electron chi connectivity index (χ2n) is 5.04. The van der Waals surface area contributed by atoms with Gasteiger partial charge < -0.3 is 9.67 Å². The first-order valence-corrected chi connectivity index (χ1v) is 6.37. The van der Waals surface area contributed by atoms with E-state index in [4.69, 9.17) is 5.11 Å². The number of hydrogen-bond acceptors (Lipinski definition) is 2. The Bertz CT molecular complexity index is 711. The van der Waals surface area contributed by atoms with Crippen molar-refractivity contribution in [2.75, 3.05) is 0 Å². The molecular weight excluding hydrogens is 254 g/mol. The van der Waals surface area contributed by atoms with Crippen LogP contribution in [0.2, 0.25) is 0 Å². The third kappa shape index (κ3) is 2.25. The molecule has 104 valence electrons. The number of aryl methyl sites for hydroxylation is 3. The molecule has 0 bridgehead atoms. The number of rotatable bonds is 3. The number of nitrogens with zero attached hydrogens (tertiary/aromatic N) is 1. The largest absolute Gasteiger partial charge is 0.475 e. The summed E-state index contributed by atoms with van der Waals surface area (Å²) in [7, 11) is 0. The summed E-state index contributed by atoms with van der Waals surface area (Å²) in [6, 6.07) is 7.70. The van der Waals surface area contributed by atoms with Gasteiger partial charge in [0.2, 0.25) is 0 Å². The number of benzene rings is 1. The first-order valence-electron chi connectivity index (χ1n) is 6.37. The van der Waals surface area contributed by atoms with Crippen LogP contribution in [0, 0.1) is 27.7 Å². The lowest BCUT2D eigenvalue weighted by Crippen LogP contribution is -2.13. The lowest BCUT2D eigenvalue weighted by molar-refractivity contribution is -0.131. The number of ketones is 1. The van der Waals surface area contributed by atoms with Crippen LogP contribution < -0.4 is 0 Å². The number of carboxylic acids is 1.